The Kier molecular flexibility index (Phi) is 4.61. The second kappa shape index (κ2) is 6.87. The maximum absolute atomic E-state index is 12.5. The van der Waals surface area contributed by atoms with Crippen molar-refractivity contribution in [1.29, 1.82) is 0 Å². The van der Waals surface area contributed by atoms with Gasteiger partial charge in [0.15, 0.2) is 6.54 Å². The van der Waals surface area contributed by atoms with Crippen LogP contribution in [0.2, 0.25) is 5.02 Å². The standard InChI is InChI=1S/C19H21ClN2OS/c20-16-4-2-1-3-14(16)11-21-18(23)12-22-9-7-17-15(8-10-24-17)19(22)13-5-6-13/h1-4,8,10,13,19H,5-7,9,11-12H2,(H,21,23)/p+1/t19-/m1/s1. The zero-order valence-corrected chi connectivity index (χ0v) is 15.1. The predicted molar refractivity (Wildman–Crippen MR) is 97.5 cm³/mol. The highest BCUT2D eigenvalue weighted by Gasteiger charge is 2.43. The minimum Gasteiger partial charge on any atom is -0.347 e. The summed E-state index contributed by atoms with van der Waals surface area (Å²) >= 11 is 8.04. The van der Waals surface area contributed by atoms with Crippen LogP contribution < -0.4 is 10.2 Å². The van der Waals surface area contributed by atoms with Crippen molar-refractivity contribution in [2.45, 2.75) is 31.8 Å². The molecule has 4 rings (SSSR count). The molecule has 3 nitrogen and oxygen atoms in total. The molecule has 2 aliphatic rings. The van der Waals surface area contributed by atoms with Crippen LogP contribution in [0.25, 0.3) is 0 Å². The van der Waals surface area contributed by atoms with Gasteiger partial charge in [-0.3, -0.25) is 4.79 Å². The normalized spacial score (nSPS) is 22.9. The fourth-order valence-electron chi connectivity index (χ4n) is 3.80. The summed E-state index contributed by atoms with van der Waals surface area (Å²) in [5.41, 5.74) is 2.47. The Bertz CT molecular complexity index is 740. The molecule has 2 aromatic rings. The molecule has 2 atom stereocenters. The van der Waals surface area contributed by atoms with E-state index in [9.17, 15) is 4.79 Å². The van der Waals surface area contributed by atoms with E-state index in [2.05, 4.69) is 16.8 Å². The Hall–Kier alpha value is -1.36. The number of quaternary nitrogens is 1. The molecule has 1 aromatic heterocycles. The number of carbonyl (C=O) groups excluding carboxylic acids is 1. The van der Waals surface area contributed by atoms with Crippen LogP contribution in [-0.4, -0.2) is 19.0 Å². The summed E-state index contributed by atoms with van der Waals surface area (Å²) in [6.45, 7) is 2.12. The first kappa shape index (κ1) is 16.1. The minimum atomic E-state index is 0.120. The molecule has 1 unspecified atom stereocenters. The van der Waals surface area contributed by atoms with Crippen molar-refractivity contribution >= 4 is 28.8 Å². The molecule has 1 aromatic carbocycles. The van der Waals surface area contributed by atoms with Gasteiger partial charge < -0.3 is 10.2 Å². The second-order valence-corrected chi connectivity index (χ2v) is 8.23. The van der Waals surface area contributed by atoms with Gasteiger partial charge in [0.25, 0.3) is 5.91 Å². The van der Waals surface area contributed by atoms with Crippen LogP contribution in [0.1, 0.15) is 34.9 Å². The van der Waals surface area contributed by atoms with Crippen LogP contribution >= 0.6 is 22.9 Å². The monoisotopic (exact) mass is 361 g/mol. The third-order valence-corrected chi connectivity index (χ3v) is 6.51. The lowest BCUT2D eigenvalue weighted by Gasteiger charge is -2.32. The van der Waals surface area contributed by atoms with Crippen LogP contribution in [0.5, 0.6) is 0 Å². The van der Waals surface area contributed by atoms with E-state index >= 15 is 0 Å². The summed E-state index contributed by atoms with van der Waals surface area (Å²) in [7, 11) is 0. The molecular weight excluding hydrogens is 340 g/mol. The molecule has 5 heteroatoms. The van der Waals surface area contributed by atoms with Crippen molar-refractivity contribution < 1.29 is 9.69 Å². The summed E-state index contributed by atoms with van der Waals surface area (Å²) in [6.07, 6.45) is 3.72. The number of nitrogens with one attached hydrogen (secondary N) is 2. The van der Waals surface area contributed by atoms with Crippen LogP contribution in [0.3, 0.4) is 0 Å². The first-order valence-corrected chi connectivity index (χ1v) is 9.89. The molecule has 1 amide bonds. The predicted octanol–water partition coefficient (Wildman–Crippen LogP) is 2.61. The van der Waals surface area contributed by atoms with Crippen molar-refractivity contribution in [3.63, 3.8) is 0 Å². The summed E-state index contributed by atoms with van der Waals surface area (Å²) < 4.78 is 0. The SMILES string of the molecule is O=C(C[NH+]1CCc2sccc2[C@H]1C1CC1)NCc1ccccc1Cl. The third kappa shape index (κ3) is 3.37. The number of hydrogen-bond donors (Lipinski definition) is 2. The van der Waals surface area contributed by atoms with Gasteiger partial charge in [0.2, 0.25) is 0 Å². The number of halogens is 1. The van der Waals surface area contributed by atoms with Crippen molar-refractivity contribution in [2.24, 2.45) is 5.92 Å². The average Bonchev–Trinajstić information content (AvgIpc) is 3.30. The maximum atomic E-state index is 12.5. The summed E-state index contributed by atoms with van der Waals surface area (Å²) in [6, 6.07) is 10.5. The first-order valence-electron chi connectivity index (χ1n) is 8.63. The second-order valence-electron chi connectivity index (χ2n) is 6.82. The Morgan fingerprint density at radius 2 is 2.12 bits per heavy atom. The Morgan fingerprint density at radius 3 is 2.92 bits per heavy atom. The highest BCUT2D eigenvalue weighted by Crippen LogP contribution is 2.42. The molecule has 0 spiro atoms. The Morgan fingerprint density at radius 1 is 1.29 bits per heavy atom. The molecule has 1 saturated carbocycles. The number of benzene rings is 1. The van der Waals surface area contributed by atoms with E-state index in [-0.39, 0.29) is 5.91 Å². The van der Waals surface area contributed by atoms with E-state index in [1.165, 1.54) is 28.2 Å². The van der Waals surface area contributed by atoms with Gasteiger partial charge in [-0.15, -0.1) is 11.3 Å². The van der Waals surface area contributed by atoms with E-state index in [0.717, 1.165) is 24.4 Å². The highest BCUT2D eigenvalue weighted by molar-refractivity contribution is 7.10. The van der Waals surface area contributed by atoms with Gasteiger partial charge in [-0.2, -0.15) is 0 Å². The molecule has 1 fully saturated rings. The van der Waals surface area contributed by atoms with Crippen LogP contribution in [0.15, 0.2) is 35.7 Å². The molecule has 2 heterocycles. The third-order valence-electron chi connectivity index (χ3n) is 5.14. The quantitative estimate of drug-likeness (QED) is 0.843. The number of amides is 1. The Labute approximate surface area is 151 Å². The van der Waals surface area contributed by atoms with Crippen molar-refractivity contribution in [3.8, 4) is 0 Å². The van der Waals surface area contributed by atoms with E-state index < -0.39 is 0 Å². The van der Waals surface area contributed by atoms with Gasteiger partial charge in [0, 0.05) is 34.3 Å². The van der Waals surface area contributed by atoms with E-state index in [0.29, 0.717) is 24.2 Å². The lowest BCUT2D eigenvalue weighted by atomic mass is 9.96. The molecule has 1 aliphatic heterocycles. The number of carbonyl (C=O) groups is 1. The minimum absolute atomic E-state index is 0.120. The number of fused-ring (bicyclic) bond motifs is 1. The van der Waals surface area contributed by atoms with Gasteiger partial charge in [0.05, 0.1) is 6.54 Å². The van der Waals surface area contributed by atoms with Gasteiger partial charge >= 0.3 is 0 Å². The first-order chi connectivity index (χ1) is 11.7. The van der Waals surface area contributed by atoms with E-state index in [1.54, 1.807) is 0 Å². The summed E-state index contributed by atoms with van der Waals surface area (Å²) in [4.78, 5) is 15.4. The maximum Gasteiger partial charge on any atom is 0.275 e. The van der Waals surface area contributed by atoms with Crippen LogP contribution in [-0.2, 0) is 17.8 Å². The van der Waals surface area contributed by atoms with E-state index in [4.69, 9.17) is 11.6 Å². The van der Waals surface area contributed by atoms with Crippen LogP contribution in [0, 0.1) is 5.92 Å². The summed E-state index contributed by atoms with van der Waals surface area (Å²) in [5.74, 6) is 0.888. The Balaban J connectivity index is 1.39. The molecule has 0 bridgehead atoms. The van der Waals surface area contributed by atoms with Gasteiger partial charge in [-0.05, 0) is 35.9 Å². The molecule has 0 radical (unpaired) electrons. The lowest BCUT2D eigenvalue weighted by Crippen LogP contribution is -3.14. The zero-order valence-electron chi connectivity index (χ0n) is 13.6. The van der Waals surface area contributed by atoms with Crippen molar-refractivity contribution in [2.75, 3.05) is 13.1 Å². The zero-order chi connectivity index (χ0) is 16.5. The molecular formula is C19H22ClN2OS+. The fourth-order valence-corrected chi connectivity index (χ4v) is 4.93. The number of rotatable bonds is 5. The van der Waals surface area contributed by atoms with Crippen molar-refractivity contribution in [1.82, 2.24) is 5.32 Å². The number of thiophene rings is 1. The smallest absolute Gasteiger partial charge is 0.275 e. The molecule has 2 N–H and O–H groups in total. The molecule has 126 valence electrons. The van der Waals surface area contributed by atoms with Gasteiger partial charge in [0.1, 0.15) is 6.04 Å². The van der Waals surface area contributed by atoms with Crippen molar-refractivity contribution in [3.05, 3.63) is 56.7 Å². The van der Waals surface area contributed by atoms with Gasteiger partial charge in [-0.25, -0.2) is 0 Å². The lowest BCUT2D eigenvalue weighted by molar-refractivity contribution is -0.928. The highest BCUT2D eigenvalue weighted by atomic mass is 35.5. The number of hydrogen-bond acceptors (Lipinski definition) is 2. The van der Waals surface area contributed by atoms with E-state index in [1.807, 2.05) is 35.6 Å². The largest absolute Gasteiger partial charge is 0.347 e. The van der Waals surface area contributed by atoms with Gasteiger partial charge in [-0.1, -0.05) is 29.8 Å². The summed E-state index contributed by atoms with van der Waals surface area (Å²) in [5, 5.41) is 5.96. The molecule has 24 heavy (non-hydrogen) atoms. The fraction of sp³-hybridized carbons (Fsp3) is 0.421. The average molecular weight is 362 g/mol. The topological polar surface area (TPSA) is 33.5 Å². The molecule has 1 aliphatic carbocycles. The molecule has 0 saturated heterocycles. The van der Waals surface area contributed by atoms with Crippen LogP contribution in [0.4, 0.5) is 0 Å².